The van der Waals surface area contributed by atoms with Crippen molar-refractivity contribution in [2.75, 3.05) is 12.4 Å². The van der Waals surface area contributed by atoms with Crippen LogP contribution in [0.25, 0.3) is 11.1 Å². The summed E-state index contributed by atoms with van der Waals surface area (Å²) in [6, 6.07) is 19.3. The molecular weight excluding hydrogens is 288 g/mol. The van der Waals surface area contributed by atoms with Crippen molar-refractivity contribution in [3.05, 3.63) is 78.6 Å². The Balaban J connectivity index is 1.77. The summed E-state index contributed by atoms with van der Waals surface area (Å²) in [6.45, 7) is 0. The number of anilines is 2. The molecule has 0 spiro atoms. The molecule has 0 amide bonds. The smallest absolute Gasteiger partial charge is 0.337 e. The van der Waals surface area contributed by atoms with Gasteiger partial charge in [0.15, 0.2) is 0 Å². The number of pyridine rings is 1. The van der Waals surface area contributed by atoms with Gasteiger partial charge in [-0.15, -0.1) is 0 Å². The lowest BCUT2D eigenvalue weighted by molar-refractivity contribution is 0.0601. The zero-order valence-electron chi connectivity index (χ0n) is 12.7. The van der Waals surface area contributed by atoms with E-state index in [0.717, 1.165) is 22.5 Å². The third-order valence-corrected chi connectivity index (χ3v) is 3.47. The van der Waals surface area contributed by atoms with Crippen LogP contribution in [0.3, 0.4) is 0 Å². The minimum atomic E-state index is -0.346. The SMILES string of the molecule is COC(=O)c1cccc(Nc2ccc(-c3ccncc3)cc2)c1. The van der Waals surface area contributed by atoms with Crippen LogP contribution in [0.1, 0.15) is 10.4 Å². The van der Waals surface area contributed by atoms with E-state index < -0.39 is 0 Å². The Bertz CT molecular complexity index is 799. The highest BCUT2D eigenvalue weighted by Gasteiger charge is 2.05. The zero-order valence-corrected chi connectivity index (χ0v) is 12.7. The van der Waals surface area contributed by atoms with Gasteiger partial charge in [0.25, 0.3) is 0 Å². The van der Waals surface area contributed by atoms with Gasteiger partial charge in [-0.1, -0.05) is 18.2 Å². The van der Waals surface area contributed by atoms with Crippen LogP contribution in [0.5, 0.6) is 0 Å². The molecule has 0 saturated heterocycles. The highest BCUT2D eigenvalue weighted by atomic mass is 16.5. The number of rotatable bonds is 4. The number of carbonyl (C=O) groups is 1. The Hall–Kier alpha value is -3.14. The van der Waals surface area contributed by atoms with Gasteiger partial charge in [0.1, 0.15) is 0 Å². The Labute approximate surface area is 134 Å². The van der Waals surface area contributed by atoms with Gasteiger partial charge in [-0.25, -0.2) is 4.79 Å². The maximum Gasteiger partial charge on any atom is 0.337 e. The Kier molecular flexibility index (Phi) is 4.34. The van der Waals surface area contributed by atoms with Crippen LogP contribution in [0.15, 0.2) is 73.1 Å². The first kappa shape index (κ1) is 14.8. The first-order valence-electron chi connectivity index (χ1n) is 7.22. The fourth-order valence-electron chi connectivity index (χ4n) is 2.30. The summed E-state index contributed by atoms with van der Waals surface area (Å²) < 4.78 is 4.73. The Morgan fingerprint density at radius 3 is 2.30 bits per heavy atom. The van der Waals surface area contributed by atoms with E-state index in [4.69, 9.17) is 4.74 Å². The number of benzene rings is 2. The minimum Gasteiger partial charge on any atom is -0.465 e. The maximum absolute atomic E-state index is 11.6. The van der Waals surface area contributed by atoms with E-state index in [-0.39, 0.29) is 5.97 Å². The standard InChI is InChI=1S/C19H16N2O2/c1-23-19(22)16-3-2-4-18(13-16)21-17-7-5-14(6-8-17)15-9-11-20-12-10-15/h2-13,21H,1H3. The van der Waals surface area contributed by atoms with Gasteiger partial charge in [-0.05, 0) is 53.6 Å². The number of hydrogen-bond acceptors (Lipinski definition) is 4. The van der Waals surface area contributed by atoms with Crippen molar-refractivity contribution in [3.8, 4) is 11.1 Å². The fraction of sp³-hybridized carbons (Fsp3) is 0.0526. The lowest BCUT2D eigenvalue weighted by Crippen LogP contribution is -2.01. The minimum absolute atomic E-state index is 0.346. The summed E-state index contributed by atoms with van der Waals surface area (Å²) in [5.41, 5.74) is 4.56. The molecule has 0 atom stereocenters. The molecule has 0 saturated carbocycles. The van der Waals surface area contributed by atoms with Crippen molar-refractivity contribution < 1.29 is 9.53 Å². The predicted octanol–water partition coefficient (Wildman–Crippen LogP) is 4.28. The molecule has 1 N–H and O–H groups in total. The van der Waals surface area contributed by atoms with Gasteiger partial charge < -0.3 is 10.1 Å². The third-order valence-electron chi connectivity index (χ3n) is 3.47. The molecule has 0 radical (unpaired) electrons. The first-order chi connectivity index (χ1) is 11.3. The number of nitrogens with one attached hydrogen (secondary N) is 1. The van der Waals surface area contributed by atoms with Crippen LogP contribution in [-0.4, -0.2) is 18.1 Å². The normalized spacial score (nSPS) is 10.1. The van der Waals surface area contributed by atoms with Crippen LogP contribution >= 0.6 is 0 Å². The Morgan fingerprint density at radius 2 is 1.61 bits per heavy atom. The highest BCUT2D eigenvalue weighted by Crippen LogP contribution is 2.23. The number of aromatic nitrogens is 1. The Morgan fingerprint density at radius 1 is 0.913 bits per heavy atom. The summed E-state index contributed by atoms with van der Waals surface area (Å²) in [7, 11) is 1.38. The molecule has 4 heteroatoms. The molecule has 3 aromatic rings. The van der Waals surface area contributed by atoms with E-state index >= 15 is 0 Å². The van der Waals surface area contributed by atoms with E-state index in [2.05, 4.69) is 10.3 Å². The molecule has 23 heavy (non-hydrogen) atoms. The van der Waals surface area contributed by atoms with Gasteiger partial charge in [0.05, 0.1) is 12.7 Å². The van der Waals surface area contributed by atoms with Crippen LogP contribution in [0, 0.1) is 0 Å². The number of methoxy groups -OCH3 is 1. The topological polar surface area (TPSA) is 51.2 Å². The first-order valence-corrected chi connectivity index (χ1v) is 7.22. The van der Waals surface area contributed by atoms with Crippen LogP contribution in [-0.2, 0) is 4.74 Å². The van der Waals surface area contributed by atoms with Gasteiger partial charge in [0.2, 0.25) is 0 Å². The van der Waals surface area contributed by atoms with E-state index in [1.54, 1.807) is 24.5 Å². The van der Waals surface area contributed by atoms with Crippen molar-refractivity contribution in [2.24, 2.45) is 0 Å². The molecule has 2 aromatic carbocycles. The molecule has 0 aliphatic rings. The third kappa shape index (κ3) is 3.55. The average molecular weight is 304 g/mol. The second-order valence-corrected chi connectivity index (χ2v) is 5.01. The van der Waals surface area contributed by atoms with E-state index in [1.807, 2.05) is 48.5 Å². The number of esters is 1. The molecule has 1 aromatic heterocycles. The molecule has 1 heterocycles. The summed E-state index contributed by atoms with van der Waals surface area (Å²) in [6.07, 6.45) is 3.56. The van der Waals surface area contributed by atoms with E-state index in [9.17, 15) is 4.79 Å². The van der Waals surface area contributed by atoms with Crippen LogP contribution in [0.2, 0.25) is 0 Å². The lowest BCUT2D eigenvalue weighted by atomic mass is 10.1. The number of ether oxygens (including phenoxy) is 1. The zero-order chi connectivity index (χ0) is 16.1. The van der Waals surface area contributed by atoms with E-state index in [1.165, 1.54) is 7.11 Å². The van der Waals surface area contributed by atoms with Crippen molar-refractivity contribution >= 4 is 17.3 Å². The van der Waals surface area contributed by atoms with Crippen molar-refractivity contribution in [1.29, 1.82) is 0 Å². The van der Waals surface area contributed by atoms with Gasteiger partial charge in [0, 0.05) is 23.8 Å². The molecule has 3 rings (SSSR count). The lowest BCUT2D eigenvalue weighted by Gasteiger charge is -2.09. The van der Waals surface area contributed by atoms with Gasteiger partial charge in [-0.3, -0.25) is 4.98 Å². The fourth-order valence-corrected chi connectivity index (χ4v) is 2.30. The van der Waals surface area contributed by atoms with Crippen molar-refractivity contribution in [2.45, 2.75) is 0 Å². The molecule has 114 valence electrons. The van der Waals surface area contributed by atoms with Gasteiger partial charge >= 0.3 is 5.97 Å². The van der Waals surface area contributed by atoms with E-state index in [0.29, 0.717) is 5.56 Å². The molecule has 0 aliphatic carbocycles. The van der Waals surface area contributed by atoms with Crippen molar-refractivity contribution in [3.63, 3.8) is 0 Å². The highest BCUT2D eigenvalue weighted by molar-refractivity contribution is 5.90. The summed E-state index contributed by atoms with van der Waals surface area (Å²) in [4.78, 5) is 15.6. The second kappa shape index (κ2) is 6.75. The molecule has 0 aliphatic heterocycles. The van der Waals surface area contributed by atoms with Crippen LogP contribution in [0.4, 0.5) is 11.4 Å². The number of hydrogen-bond donors (Lipinski definition) is 1. The summed E-state index contributed by atoms with van der Waals surface area (Å²) in [5.74, 6) is -0.346. The number of nitrogens with zero attached hydrogens (tertiary/aromatic N) is 1. The second-order valence-electron chi connectivity index (χ2n) is 5.01. The molecule has 0 unspecified atom stereocenters. The largest absolute Gasteiger partial charge is 0.465 e. The number of carbonyl (C=O) groups excluding carboxylic acids is 1. The van der Waals surface area contributed by atoms with Crippen molar-refractivity contribution in [1.82, 2.24) is 4.98 Å². The van der Waals surface area contributed by atoms with Gasteiger partial charge in [-0.2, -0.15) is 0 Å². The quantitative estimate of drug-likeness (QED) is 0.731. The molecule has 4 nitrogen and oxygen atoms in total. The summed E-state index contributed by atoms with van der Waals surface area (Å²) in [5, 5.41) is 3.28. The summed E-state index contributed by atoms with van der Waals surface area (Å²) >= 11 is 0. The predicted molar refractivity (Wildman–Crippen MR) is 90.7 cm³/mol. The molecule has 0 bridgehead atoms. The average Bonchev–Trinajstić information content (AvgIpc) is 2.62. The molecule has 0 fully saturated rings. The maximum atomic E-state index is 11.6. The van der Waals surface area contributed by atoms with Crippen LogP contribution < -0.4 is 5.32 Å². The molecular formula is C19H16N2O2. The monoisotopic (exact) mass is 304 g/mol.